The highest BCUT2D eigenvalue weighted by Crippen LogP contribution is 2.37. The zero-order chi connectivity index (χ0) is 13.8. The van der Waals surface area contributed by atoms with Gasteiger partial charge in [0.25, 0.3) is 0 Å². The van der Waals surface area contributed by atoms with Gasteiger partial charge in [-0.05, 0) is 37.6 Å². The zero-order valence-electron chi connectivity index (χ0n) is 11.1. The van der Waals surface area contributed by atoms with Gasteiger partial charge in [-0.3, -0.25) is 0 Å². The van der Waals surface area contributed by atoms with E-state index >= 15 is 0 Å². The lowest BCUT2D eigenvalue weighted by molar-refractivity contribution is 0.721. The van der Waals surface area contributed by atoms with E-state index in [2.05, 4.69) is 37.3 Å². The molecule has 0 saturated heterocycles. The van der Waals surface area contributed by atoms with Crippen molar-refractivity contribution in [2.24, 2.45) is 5.73 Å². The Morgan fingerprint density at radius 1 is 1.11 bits per heavy atom. The predicted molar refractivity (Wildman–Crippen MR) is 84.9 cm³/mol. The monoisotopic (exact) mass is 291 g/mol. The maximum Gasteiger partial charge on any atom is 0.0492 e. The number of hydrogen-bond donors (Lipinski definition) is 1. The van der Waals surface area contributed by atoms with Crippen LogP contribution in [0.4, 0.5) is 0 Å². The van der Waals surface area contributed by atoms with Gasteiger partial charge in [0.2, 0.25) is 0 Å². The first kappa shape index (κ1) is 14.4. The van der Waals surface area contributed by atoms with Crippen molar-refractivity contribution in [1.29, 1.82) is 0 Å². The molecule has 0 saturated carbocycles. The summed E-state index contributed by atoms with van der Waals surface area (Å²) in [6, 6.07) is 16.5. The Kier molecular flexibility index (Phi) is 4.92. The van der Waals surface area contributed by atoms with Crippen molar-refractivity contribution in [2.75, 3.05) is 0 Å². The van der Waals surface area contributed by atoms with Crippen LogP contribution >= 0.6 is 23.4 Å². The highest BCUT2D eigenvalue weighted by Gasteiger charge is 2.17. The summed E-state index contributed by atoms with van der Waals surface area (Å²) in [7, 11) is 0. The molecular formula is C16H18ClNS. The van der Waals surface area contributed by atoms with E-state index in [0.717, 1.165) is 9.92 Å². The average molecular weight is 292 g/mol. The van der Waals surface area contributed by atoms with Crippen LogP contribution in [0.15, 0.2) is 53.4 Å². The molecule has 0 aromatic heterocycles. The van der Waals surface area contributed by atoms with Gasteiger partial charge in [0, 0.05) is 21.2 Å². The molecule has 2 rings (SSSR count). The lowest BCUT2D eigenvalue weighted by Crippen LogP contribution is -2.22. The van der Waals surface area contributed by atoms with Crippen LogP contribution in [0.2, 0.25) is 5.02 Å². The summed E-state index contributed by atoms with van der Waals surface area (Å²) >= 11 is 7.79. The highest BCUT2D eigenvalue weighted by atomic mass is 35.5. The van der Waals surface area contributed by atoms with Crippen molar-refractivity contribution in [3.05, 3.63) is 64.7 Å². The molecule has 2 unspecified atom stereocenters. The first-order chi connectivity index (χ1) is 9.06. The lowest BCUT2D eigenvalue weighted by atomic mass is 10.1. The molecule has 2 aromatic rings. The number of halogens is 1. The van der Waals surface area contributed by atoms with E-state index in [1.165, 1.54) is 11.1 Å². The van der Waals surface area contributed by atoms with Crippen LogP contribution in [0.3, 0.4) is 0 Å². The van der Waals surface area contributed by atoms with Gasteiger partial charge in [-0.1, -0.05) is 47.5 Å². The summed E-state index contributed by atoms with van der Waals surface area (Å²) in [6.07, 6.45) is 0. The fraction of sp³-hybridized carbons (Fsp3) is 0.250. The number of nitrogens with two attached hydrogens (primary N) is 1. The Morgan fingerprint density at radius 2 is 1.79 bits per heavy atom. The third kappa shape index (κ3) is 4.00. The largest absolute Gasteiger partial charge is 0.327 e. The van der Waals surface area contributed by atoms with E-state index in [-0.39, 0.29) is 11.3 Å². The number of hydrogen-bond acceptors (Lipinski definition) is 2. The van der Waals surface area contributed by atoms with Crippen LogP contribution in [0.5, 0.6) is 0 Å². The topological polar surface area (TPSA) is 26.0 Å². The predicted octanol–water partition coefficient (Wildman–Crippen LogP) is 4.83. The molecule has 0 aliphatic carbocycles. The van der Waals surface area contributed by atoms with Crippen molar-refractivity contribution in [1.82, 2.24) is 0 Å². The van der Waals surface area contributed by atoms with Gasteiger partial charge in [0.15, 0.2) is 0 Å². The minimum atomic E-state index is 0.0756. The average Bonchev–Trinajstić information content (AvgIpc) is 2.37. The van der Waals surface area contributed by atoms with E-state index in [0.29, 0.717) is 0 Å². The standard InChI is InChI=1S/C16H18ClNS/c1-11-6-8-13(9-7-11)16(12(2)18)19-15-5-3-4-14(17)10-15/h3-10,12,16H,18H2,1-2H3. The molecule has 2 atom stereocenters. The maximum atomic E-state index is 6.14. The van der Waals surface area contributed by atoms with Gasteiger partial charge in [-0.2, -0.15) is 0 Å². The van der Waals surface area contributed by atoms with E-state index < -0.39 is 0 Å². The minimum absolute atomic E-state index is 0.0756. The SMILES string of the molecule is Cc1ccc(C(Sc2cccc(Cl)c2)C(C)N)cc1. The molecule has 0 aliphatic rings. The summed E-state index contributed by atoms with van der Waals surface area (Å²) in [5, 5.41) is 0.997. The van der Waals surface area contributed by atoms with E-state index in [1.807, 2.05) is 25.1 Å². The Balaban J connectivity index is 2.23. The van der Waals surface area contributed by atoms with Gasteiger partial charge >= 0.3 is 0 Å². The van der Waals surface area contributed by atoms with Crippen LogP contribution in [0, 0.1) is 6.92 Å². The number of benzene rings is 2. The first-order valence-electron chi connectivity index (χ1n) is 6.30. The molecule has 19 heavy (non-hydrogen) atoms. The summed E-state index contributed by atoms with van der Waals surface area (Å²) in [5.41, 5.74) is 8.66. The molecule has 1 nitrogen and oxygen atoms in total. The van der Waals surface area contributed by atoms with Gasteiger partial charge < -0.3 is 5.73 Å². The van der Waals surface area contributed by atoms with Crippen molar-refractivity contribution >= 4 is 23.4 Å². The Bertz CT molecular complexity index is 537. The first-order valence-corrected chi connectivity index (χ1v) is 7.56. The maximum absolute atomic E-state index is 6.14. The van der Waals surface area contributed by atoms with Crippen molar-refractivity contribution in [2.45, 2.75) is 30.0 Å². The van der Waals surface area contributed by atoms with Crippen LogP contribution < -0.4 is 5.73 Å². The van der Waals surface area contributed by atoms with Gasteiger partial charge in [-0.25, -0.2) is 0 Å². The fourth-order valence-electron chi connectivity index (χ4n) is 1.92. The number of thioether (sulfide) groups is 1. The molecule has 2 aromatic carbocycles. The molecule has 100 valence electrons. The molecule has 2 N–H and O–H groups in total. The Hall–Kier alpha value is -0.960. The van der Waals surface area contributed by atoms with Crippen LogP contribution in [0.25, 0.3) is 0 Å². The normalized spacial score (nSPS) is 14.1. The summed E-state index contributed by atoms with van der Waals surface area (Å²) in [4.78, 5) is 1.15. The van der Waals surface area contributed by atoms with Gasteiger partial charge in [0.1, 0.15) is 0 Å². The van der Waals surface area contributed by atoms with Crippen LogP contribution in [-0.2, 0) is 0 Å². The minimum Gasteiger partial charge on any atom is -0.327 e. The molecule has 0 radical (unpaired) electrons. The Morgan fingerprint density at radius 3 is 2.37 bits per heavy atom. The molecule has 0 heterocycles. The molecule has 0 amide bonds. The van der Waals surface area contributed by atoms with Crippen LogP contribution in [0.1, 0.15) is 23.3 Å². The highest BCUT2D eigenvalue weighted by molar-refractivity contribution is 7.99. The molecule has 3 heteroatoms. The van der Waals surface area contributed by atoms with Crippen LogP contribution in [-0.4, -0.2) is 6.04 Å². The Labute approximate surface area is 124 Å². The zero-order valence-corrected chi connectivity index (χ0v) is 12.7. The number of rotatable bonds is 4. The lowest BCUT2D eigenvalue weighted by Gasteiger charge is -2.21. The molecule has 0 bridgehead atoms. The second-order valence-corrected chi connectivity index (χ2v) is 6.42. The fourth-order valence-corrected chi connectivity index (χ4v) is 3.33. The molecule has 0 aliphatic heterocycles. The van der Waals surface area contributed by atoms with Gasteiger partial charge in [-0.15, -0.1) is 11.8 Å². The third-order valence-corrected chi connectivity index (χ3v) is 4.66. The van der Waals surface area contributed by atoms with Gasteiger partial charge in [0.05, 0.1) is 0 Å². The summed E-state index contributed by atoms with van der Waals surface area (Å²) in [5.74, 6) is 0. The van der Waals surface area contributed by atoms with Crippen molar-refractivity contribution in [3.63, 3.8) is 0 Å². The summed E-state index contributed by atoms with van der Waals surface area (Å²) < 4.78 is 0. The second kappa shape index (κ2) is 6.47. The van der Waals surface area contributed by atoms with Crippen molar-refractivity contribution < 1.29 is 0 Å². The summed E-state index contributed by atoms with van der Waals surface area (Å²) in [6.45, 7) is 4.14. The second-order valence-electron chi connectivity index (χ2n) is 4.77. The third-order valence-electron chi connectivity index (χ3n) is 2.94. The van der Waals surface area contributed by atoms with Crippen molar-refractivity contribution in [3.8, 4) is 0 Å². The van der Waals surface area contributed by atoms with E-state index in [9.17, 15) is 0 Å². The smallest absolute Gasteiger partial charge is 0.0492 e. The van der Waals surface area contributed by atoms with E-state index in [4.69, 9.17) is 17.3 Å². The molecular weight excluding hydrogens is 274 g/mol. The van der Waals surface area contributed by atoms with E-state index in [1.54, 1.807) is 11.8 Å². The molecule has 0 fully saturated rings. The molecule has 0 spiro atoms. The quantitative estimate of drug-likeness (QED) is 0.817. The number of aryl methyl sites for hydroxylation is 1.